The smallest absolute Gasteiger partial charge is 0.254 e. The average molecular weight is 379 g/mol. The van der Waals surface area contributed by atoms with Gasteiger partial charge in [-0.25, -0.2) is 8.42 Å². The van der Waals surface area contributed by atoms with Gasteiger partial charge in [-0.2, -0.15) is 4.31 Å². The minimum absolute atomic E-state index is 0.193. The van der Waals surface area contributed by atoms with Crippen LogP contribution in [0.4, 0.5) is 0 Å². The molecule has 2 aliphatic rings. The Kier molecular flexibility index (Phi) is 5.07. The molecule has 26 heavy (non-hydrogen) atoms. The number of piperidine rings is 1. The number of hydrogen-bond donors (Lipinski definition) is 1. The minimum Gasteiger partial charge on any atom is -0.352 e. The first kappa shape index (κ1) is 18.8. The highest BCUT2D eigenvalue weighted by molar-refractivity contribution is 7.89. The van der Waals surface area contributed by atoms with Crippen molar-refractivity contribution in [3.05, 3.63) is 29.8 Å². The van der Waals surface area contributed by atoms with Crippen molar-refractivity contribution in [1.29, 1.82) is 0 Å². The van der Waals surface area contributed by atoms with Crippen molar-refractivity contribution in [3.63, 3.8) is 0 Å². The van der Waals surface area contributed by atoms with Gasteiger partial charge in [0.05, 0.1) is 4.90 Å². The third-order valence-corrected chi connectivity index (χ3v) is 7.06. The van der Waals surface area contributed by atoms with E-state index in [4.69, 9.17) is 0 Å². The maximum absolute atomic E-state index is 12.8. The summed E-state index contributed by atoms with van der Waals surface area (Å²) in [4.78, 5) is 26.6. The van der Waals surface area contributed by atoms with Crippen LogP contribution in [0.1, 0.15) is 43.5 Å². The molecule has 2 heterocycles. The van der Waals surface area contributed by atoms with Crippen LogP contribution in [-0.4, -0.2) is 61.2 Å². The lowest BCUT2D eigenvalue weighted by Gasteiger charge is -2.41. The number of benzene rings is 1. The maximum Gasteiger partial charge on any atom is 0.254 e. The van der Waals surface area contributed by atoms with E-state index in [0.29, 0.717) is 31.7 Å². The average Bonchev–Trinajstić information content (AvgIpc) is 2.64. The van der Waals surface area contributed by atoms with Gasteiger partial charge in [-0.05, 0) is 51.0 Å². The van der Waals surface area contributed by atoms with Gasteiger partial charge in [0.25, 0.3) is 5.91 Å². The molecule has 0 atom stereocenters. The highest BCUT2D eigenvalue weighted by atomic mass is 32.2. The molecule has 2 aliphatic heterocycles. The summed E-state index contributed by atoms with van der Waals surface area (Å²) in [7, 11) is -3.52. The first-order valence-corrected chi connectivity index (χ1v) is 10.4. The normalized spacial score (nSPS) is 21.3. The summed E-state index contributed by atoms with van der Waals surface area (Å²) in [5.41, 5.74) is -0.557. The van der Waals surface area contributed by atoms with Crippen LogP contribution in [-0.2, 0) is 14.8 Å². The van der Waals surface area contributed by atoms with Gasteiger partial charge in [0.15, 0.2) is 0 Å². The predicted octanol–water partition coefficient (Wildman–Crippen LogP) is 1.21. The molecule has 1 N–H and O–H groups in total. The molecule has 1 aromatic rings. The molecule has 0 radical (unpaired) electrons. The molecule has 0 spiro atoms. The van der Waals surface area contributed by atoms with Crippen LogP contribution < -0.4 is 5.32 Å². The first-order valence-electron chi connectivity index (χ1n) is 8.95. The Hall–Kier alpha value is -1.93. The molecule has 0 saturated carbocycles. The molecule has 2 saturated heterocycles. The fourth-order valence-electron chi connectivity index (χ4n) is 3.43. The van der Waals surface area contributed by atoms with E-state index in [0.717, 1.165) is 19.3 Å². The molecule has 8 heteroatoms. The van der Waals surface area contributed by atoms with Crippen LogP contribution in [0.25, 0.3) is 0 Å². The topological polar surface area (TPSA) is 86.8 Å². The quantitative estimate of drug-likeness (QED) is 0.855. The van der Waals surface area contributed by atoms with Gasteiger partial charge in [0.2, 0.25) is 15.9 Å². The van der Waals surface area contributed by atoms with Crippen LogP contribution in [0.5, 0.6) is 0 Å². The third-order valence-electron chi connectivity index (χ3n) is 5.15. The summed E-state index contributed by atoms with van der Waals surface area (Å²) >= 11 is 0. The first-order chi connectivity index (χ1) is 12.2. The number of piperazine rings is 1. The second-order valence-electron chi connectivity index (χ2n) is 7.26. The molecular weight excluding hydrogens is 354 g/mol. The van der Waals surface area contributed by atoms with Gasteiger partial charge >= 0.3 is 0 Å². The van der Waals surface area contributed by atoms with Crippen molar-refractivity contribution >= 4 is 21.8 Å². The number of nitrogens with zero attached hydrogens (tertiary/aromatic N) is 2. The van der Waals surface area contributed by atoms with Gasteiger partial charge in [0, 0.05) is 31.7 Å². The van der Waals surface area contributed by atoms with Crippen molar-refractivity contribution in [2.24, 2.45) is 0 Å². The Bertz CT molecular complexity index is 796. The van der Waals surface area contributed by atoms with Crippen LogP contribution in [0.2, 0.25) is 0 Å². The zero-order valence-electron chi connectivity index (χ0n) is 15.2. The lowest BCUT2D eigenvalue weighted by molar-refractivity contribution is -0.133. The lowest BCUT2D eigenvalue weighted by Crippen LogP contribution is -2.63. The van der Waals surface area contributed by atoms with E-state index in [-0.39, 0.29) is 16.7 Å². The standard InChI is InChI=1S/C18H25N3O4S/c1-18(2)17(23)19-10-13-21(18)16(22)14-6-8-15(9-7-14)26(24,25)20-11-4-3-5-12-20/h6-9H,3-5,10-13H2,1-2H3,(H,19,23). The number of carbonyl (C=O) groups excluding carboxylic acids is 2. The van der Waals surface area contributed by atoms with Crippen molar-refractivity contribution in [2.45, 2.75) is 43.5 Å². The Labute approximate surface area is 154 Å². The SMILES string of the molecule is CC1(C)C(=O)NCCN1C(=O)c1ccc(S(=O)(=O)N2CCCCC2)cc1. The second-order valence-corrected chi connectivity index (χ2v) is 9.20. The summed E-state index contributed by atoms with van der Waals surface area (Å²) in [6, 6.07) is 6.02. The maximum atomic E-state index is 12.8. The predicted molar refractivity (Wildman–Crippen MR) is 97.2 cm³/mol. The molecule has 0 aromatic heterocycles. The fraction of sp³-hybridized carbons (Fsp3) is 0.556. The summed E-state index contributed by atoms with van der Waals surface area (Å²) < 4.78 is 26.9. The Morgan fingerprint density at radius 3 is 2.27 bits per heavy atom. The van der Waals surface area contributed by atoms with Crippen LogP contribution in [0.15, 0.2) is 29.2 Å². The van der Waals surface area contributed by atoms with E-state index in [1.807, 2.05) is 0 Å². The number of carbonyl (C=O) groups is 2. The van der Waals surface area contributed by atoms with Gasteiger partial charge < -0.3 is 10.2 Å². The van der Waals surface area contributed by atoms with E-state index in [9.17, 15) is 18.0 Å². The van der Waals surface area contributed by atoms with Crippen molar-refractivity contribution in [3.8, 4) is 0 Å². The summed E-state index contributed by atoms with van der Waals surface area (Å²) in [6.07, 6.45) is 2.81. The monoisotopic (exact) mass is 379 g/mol. The van der Waals surface area contributed by atoms with E-state index in [1.54, 1.807) is 13.8 Å². The van der Waals surface area contributed by atoms with E-state index in [2.05, 4.69) is 5.32 Å². The molecule has 1 aromatic carbocycles. The molecule has 7 nitrogen and oxygen atoms in total. The molecular formula is C18H25N3O4S. The van der Waals surface area contributed by atoms with E-state index < -0.39 is 15.6 Å². The number of amides is 2. The summed E-state index contributed by atoms with van der Waals surface area (Å²) in [6.45, 7) is 5.32. The zero-order valence-corrected chi connectivity index (χ0v) is 16.0. The number of hydrogen-bond acceptors (Lipinski definition) is 4. The van der Waals surface area contributed by atoms with Crippen LogP contribution in [0.3, 0.4) is 0 Å². The Morgan fingerprint density at radius 2 is 1.65 bits per heavy atom. The van der Waals surface area contributed by atoms with Crippen molar-refractivity contribution in [2.75, 3.05) is 26.2 Å². The van der Waals surface area contributed by atoms with Gasteiger partial charge in [0.1, 0.15) is 5.54 Å². The highest BCUT2D eigenvalue weighted by Gasteiger charge is 2.40. The number of nitrogens with one attached hydrogen (secondary N) is 1. The number of rotatable bonds is 3. The highest BCUT2D eigenvalue weighted by Crippen LogP contribution is 2.23. The van der Waals surface area contributed by atoms with Crippen molar-refractivity contribution < 1.29 is 18.0 Å². The zero-order chi connectivity index (χ0) is 18.9. The van der Waals surface area contributed by atoms with Crippen LogP contribution in [0, 0.1) is 0 Å². The summed E-state index contributed by atoms with van der Waals surface area (Å²) in [5.74, 6) is -0.465. The molecule has 2 fully saturated rings. The molecule has 3 rings (SSSR count). The van der Waals surface area contributed by atoms with Gasteiger partial charge in [-0.3, -0.25) is 9.59 Å². The van der Waals surface area contributed by atoms with E-state index in [1.165, 1.54) is 33.5 Å². The molecule has 0 unspecified atom stereocenters. The molecule has 142 valence electrons. The Balaban J connectivity index is 1.81. The second kappa shape index (κ2) is 7.00. The van der Waals surface area contributed by atoms with Gasteiger partial charge in [-0.1, -0.05) is 6.42 Å². The summed E-state index contributed by atoms with van der Waals surface area (Å²) in [5, 5.41) is 2.76. The largest absolute Gasteiger partial charge is 0.352 e. The van der Waals surface area contributed by atoms with Crippen molar-refractivity contribution in [1.82, 2.24) is 14.5 Å². The Morgan fingerprint density at radius 1 is 1.04 bits per heavy atom. The van der Waals surface area contributed by atoms with Gasteiger partial charge in [-0.15, -0.1) is 0 Å². The fourth-order valence-corrected chi connectivity index (χ4v) is 4.95. The molecule has 0 bridgehead atoms. The lowest BCUT2D eigenvalue weighted by atomic mass is 9.97. The molecule has 0 aliphatic carbocycles. The van der Waals surface area contributed by atoms with Crippen LogP contribution >= 0.6 is 0 Å². The van der Waals surface area contributed by atoms with E-state index >= 15 is 0 Å². The minimum atomic E-state index is -3.52. The number of sulfonamides is 1. The third kappa shape index (κ3) is 3.35. The molecule has 2 amide bonds.